The lowest BCUT2D eigenvalue weighted by molar-refractivity contribution is 1.26. The van der Waals surface area contributed by atoms with Crippen molar-refractivity contribution < 1.29 is 0 Å². The second kappa shape index (κ2) is 4.90. The summed E-state index contributed by atoms with van der Waals surface area (Å²) in [5, 5.41) is 8.16. The lowest BCUT2D eigenvalue weighted by Crippen LogP contribution is -2.17. The summed E-state index contributed by atoms with van der Waals surface area (Å²) in [5.41, 5.74) is 9.72. The van der Waals surface area contributed by atoms with Crippen molar-refractivity contribution in [3.63, 3.8) is 0 Å². The van der Waals surface area contributed by atoms with E-state index in [-0.39, 0.29) is 0 Å². The number of hydrogen-bond donors (Lipinski definition) is 1. The predicted octanol–water partition coefficient (Wildman–Crippen LogP) is 2.85. The van der Waals surface area contributed by atoms with Gasteiger partial charge in [0.05, 0.1) is 0 Å². The molecular formula is C16H13N3. The van der Waals surface area contributed by atoms with Crippen molar-refractivity contribution >= 4 is 17.6 Å². The first-order valence-corrected chi connectivity index (χ1v) is 6.08. The molecule has 0 radical (unpaired) electrons. The minimum absolute atomic E-state index is 0.461. The van der Waals surface area contributed by atoms with Gasteiger partial charge in [0.1, 0.15) is 5.71 Å². The molecule has 3 rings (SSSR count). The minimum atomic E-state index is 0.461. The number of amidine groups is 1. The van der Waals surface area contributed by atoms with Crippen LogP contribution < -0.4 is 5.73 Å². The Hall–Kier alpha value is -2.68. The SMILES string of the molecule is NC1=NN=C(c2ccccc2)/C1=C\c1ccccc1. The van der Waals surface area contributed by atoms with Crippen molar-refractivity contribution in [2.45, 2.75) is 0 Å². The van der Waals surface area contributed by atoms with Crippen LogP contribution in [0.25, 0.3) is 6.08 Å². The van der Waals surface area contributed by atoms with E-state index in [9.17, 15) is 0 Å². The summed E-state index contributed by atoms with van der Waals surface area (Å²) in [7, 11) is 0. The smallest absolute Gasteiger partial charge is 0.155 e. The Bertz CT molecular complexity index is 668. The van der Waals surface area contributed by atoms with E-state index in [4.69, 9.17) is 5.73 Å². The summed E-state index contributed by atoms with van der Waals surface area (Å²) < 4.78 is 0. The van der Waals surface area contributed by atoms with E-state index >= 15 is 0 Å². The van der Waals surface area contributed by atoms with Crippen molar-refractivity contribution in [3.05, 3.63) is 77.4 Å². The second-order valence-corrected chi connectivity index (χ2v) is 4.27. The number of benzene rings is 2. The average molecular weight is 247 g/mol. The summed E-state index contributed by atoms with van der Waals surface area (Å²) in [6.07, 6.45) is 2.01. The molecule has 19 heavy (non-hydrogen) atoms. The zero-order valence-electron chi connectivity index (χ0n) is 10.3. The molecule has 1 aliphatic rings. The lowest BCUT2D eigenvalue weighted by Gasteiger charge is -2.04. The molecule has 0 saturated carbocycles. The van der Waals surface area contributed by atoms with Crippen LogP contribution >= 0.6 is 0 Å². The van der Waals surface area contributed by atoms with Crippen molar-refractivity contribution in [2.75, 3.05) is 0 Å². The molecule has 1 aliphatic heterocycles. The van der Waals surface area contributed by atoms with Gasteiger partial charge in [-0.05, 0) is 11.6 Å². The van der Waals surface area contributed by atoms with Crippen LogP contribution in [0.1, 0.15) is 11.1 Å². The Morgan fingerprint density at radius 2 is 1.42 bits per heavy atom. The van der Waals surface area contributed by atoms with Crippen LogP contribution in [0.2, 0.25) is 0 Å². The number of hydrogen-bond acceptors (Lipinski definition) is 3. The predicted molar refractivity (Wildman–Crippen MR) is 79.0 cm³/mol. The van der Waals surface area contributed by atoms with Crippen molar-refractivity contribution in [1.29, 1.82) is 0 Å². The maximum absolute atomic E-state index is 5.92. The molecule has 3 nitrogen and oxygen atoms in total. The molecule has 2 N–H and O–H groups in total. The fourth-order valence-corrected chi connectivity index (χ4v) is 2.00. The van der Waals surface area contributed by atoms with Gasteiger partial charge in [-0.25, -0.2) is 0 Å². The zero-order valence-corrected chi connectivity index (χ0v) is 10.3. The lowest BCUT2D eigenvalue weighted by atomic mass is 10.00. The second-order valence-electron chi connectivity index (χ2n) is 4.27. The van der Waals surface area contributed by atoms with Gasteiger partial charge in [-0.3, -0.25) is 0 Å². The van der Waals surface area contributed by atoms with Crippen LogP contribution in [-0.2, 0) is 0 Å². The summed E-state index contributed by atoms with van der Waals surface area (Å²) in [5.74, 6) is 0.461. The standard InChI is InChI=1S/C16H13N3/c17-16-14(11-12-7-3-1-4-8-12)15(18-19-16)13-9-5-2-6-10-13/h1-11H,(H2,17,19)/b14-11+. The largest absolute Gasteiger partial charge is 0.382 e. The third kappa shape index (κ3) is 2.31. The Balaban J connectivity index is 2.02. The maximum Gasteiger partial charge on any atom is 0.155 e. The van der Waals surface area contributed by atoms with Crippen LogP contribution in [0.15, 0.2) is 76.4 Å². The molecule has 92 valence electrons. The van der Waals surface area contributed by atoms with Crippen LogP contribution in [0.4, 0.5) is 0 Å². The molecular weight excluding hydrogens is 234 g/mol. The van der Waals surface area contributed by atoms with Crippen LogP contribution in [-0.4, -0.2) is 11.5 Å². The zero-order chi connectivity index (χ0) is 13.1. The highest BCUT2D eigenvalue weighted by Crippen LogP contribution is 2.18. The average Bonchev–Trinajstić information content (AvgIpc) is 2.82. The van der Waals surface area contributed by atoms with Crippen LogP contribution in [0.3, 0.4) is 0 Å². The van der Waals surface area contributed by atoms with Gasteiger partial charge in [-0.2, -0.15) is 0 Å². The van der Waals surface area contributed by atoms with Crippen LogP contribution in [0, 0.1) is 0 Å². The number of nitrogens with zero attached hydrogens (tertiary/aromatic N) is 2. The third-order valence-electron chi connectivity index (χ3n) is 2.95. The fraction of sp³-hybridized carbons (Fsp3) is 0. The quantitative estimate of drug-likeness (QED) is 0.871. The third-order valence-corrected chi connectivity index (χ3v) is 2.95. The van der Waals surface area contributed by atoms with Gasteiger partial charge in [-0.15, -0.1) is 10.2 Å². The van der Waals surface area contributed by atoms with E-state index in [1.54, 1.807) is 0 Å². The Morgan fingerprint density at radius 1 is 0.789 bits per heavy atom. The van der Waals surface area contributed by atoms with Crippen LogP contribution in [0.5, 0.6) is 0 Å². The Kier molecular flexibility index (Phi) is 2.94. The molecule has 0 bridgehead atoms. The van der Waals surface area contributed by atoms with E-state index in [2.05, 4.69) is 10.2 Å². The topological polar surface area (TPSA) is 50.7 Å². The molecule has 0 unspecified atom stereocenters. The van der Waals surface area contributed by atoms with E-state index in [0.29, 0.717) is 5.84 Å². The van der Waals surface area contributed by atoms with Crippen molar-refractivity contribution in [2.24, 2.45) is 15.9 Å². The monoisotopic (exact) mass is 247 g/mol. The maximum atomic E-state index is 5.92. The molecule has 0 aromatic heterocycles. The van der Waals surface area contributed by atoms with Gasteiger partial charge in [0.2, 0.25) is 0 Å². The fourth-order valence-electron chi connectivity index (χ4n) is 2.00. The minimum Gasteiger partial charge on any atom is -0.382 e. The molecule has 3 heteroatoms. The first kappa shape index (κ1) is 11.4. The summed E-state index contributed by atoms with van der Waals surface area (Å²) in [4.78, 5) is 0. The number of nitrogens with two attached hydrogens (primary N) is 1. The van der Waals surface area contributed by atoms with E-state index in [1.165, 1.54) is 0 Å². The molecule has 1 heterocycles. The summed E-state index contributed by atoms with van der Waals surface area (Å²) in [6, 6.07) is 20.0. The highest BCUT2D eigenvalue weighted by Gasteiger charge is 2.18. The molecule has 2 aromatic carbocycles. The van der Waals surface area contributed by atoms with Gasteiger partial charge in [-0.1, -0.05) is 60.7 Å². The first-order chi connectivity index (χ1) is 9.34. The van der Waals surface area contributed by atoms with Gasteiger partial charge in [0.25, 0.3) is 0 Å². The molecule has 0 fully saturated rings. The van der Waals surface area contributed by atoms with Gasteiger partial charge >= 0.3 is 0 Å². The molecule has 0 saturated heterocycles. The highest BCUT2D eigenvalue weighted by molar-refractivity contribution is 6.33. The number of rotatable bonds is 2. The van der Waals surface area contributed by atoms with Gasteiger partial charge in [0.15, 0.2) is 5.84 Å². The molecule has 2 aromatic rings. The van der Waals surface area contributed by atoms with Crippen molar-refractivity contribution in [1.82, 2.24) is 0 Å². The molecule has 0 aliphatic carbocycles. The highest BCUT2D eigenvalue weighted by atomic mass is 15.3. The van der Waals surface area contributed by atoms with Gasteiger partial charge < -0.3 is 5.73 Å². The Morgan fingerprint density at radius 3 is 2.11 bits per heavy atom. The van der Waals surface area contributed by atoms with Crippen molar-refractivity contribution in [3.8, 4) is 0 Å². The molecule has 0 amide bonds. The first-order valence-electron chi connectivity index (χ1n) is 6.08. The summed E-state index contributed by atoms with van der Waals surface area (Å²) in [6.45, 7) is 0. The normalized spacial score (nSPS) is 16.3. The molecule has 0 spiro atoms. The van der Waals surface area contributed by atoms with E-state index in [0.717, 1.165) is 22.4 Å². The molecule has 0 atom stereocenters. The Labute approximate surface area is 111 Å². The van der Waals surface area contributed by atoms with E-state index < -0.39 is 0 Å². The van der Waals surface area contributed by atoms with Gasteiger partial charge in [0, 0.05) is 11.1 Å². The summed E-state index contributed by atoms with van der Waals surface area (Å²) >= 11 is 0. The van der Waals surface area contributed by atoms with E-state index in [1.807, 2.05) is 66.7 Å².